The number of carbonyl (C=O) groups is 1. The van der Waals surface area contributed by atoms with E-state index < -0.39 is 21.0 Å². The minimum absolute atomic E-state index is 0.0377. The van der Waals surface area contributed by atoms with Crippen molar-refractivity contribution >= 4 is 38.2 Å². The molecule has 1 fully saturated rings. The van der Waals surface area contributed by atoms with E-state index in [0.717, 1.165) is 29.5 Å². The molecule has 0 unspecified atom stereocenters. The number of cyclic esters (lactones) is 1. The number of nitrogens with zero attached hydrogens (tertiary/aromatic N) is 3. The molecular formula is C28H35N5O5S. The molecule has 3 N–H and O–H groups in total. The molecule has 208 valence electrons. The van der Waals surface area contributed by atoms with Gasteiger partial charge in [-0.3, -0.25) is 0 Å². The summed E-state index contributed by atoms with van der Waals surface area (Å²) in [6, 6.07) is 5.40. The standard InChI is InChI=1S/C28H35N5O5S/c1-6-27(4,29)20-16-31-24(37-12-7-13-39(5,35)36)19-15-30-22(14-18(19)20)32-21-9-8-17-23(33-21)28(10-11-28)26(2,3)38-25(17)34/h8-9,14-16H,6-7,10-13,29H2,1-5H3,(H,30,32,33)/t27-/m1/s1. The lowest BCUT2D eigenvalue weighted by atomic mass is 9.80. The molecule has 1 spiro atoms. The highest BCUT2D eigenvalue weighted by molar-refractivity contribution is 7.90. The largest absolute Gasteiger partial charge is 0.477 e. The van der Waals surface area contributed by atoms with Crippen LogP contribution in [0.15, 0.2) is 30.6 Å². The molecule has 39 heavy (non-hydrogen) atoms. The molecule has 0 amide bonds. The fourth-order valence-electron chi connectivity index (χ4n) is 5.25. The van der Waals surface area contributed by atoms with Crippen LogP contribution in [0.25, 0.3) is 10.8 Å². The van der Waals surface area contributed by atoms with Gasteiger partial charge in [-0.2, -0.15) is 0 Å². The van der Waals surface area contributed by atoms with E-state index in [-0.39, 0.29) is 23.7 Å². The molecule has 0 saturated heterocycles. The van der Waals surface area contributed by atoms with Crippen molar-refractivity contribution in [2.75, 3.05) is 23.9 Å². The quantitative estimate of drug-likeness (QED) is 0.293. The van der Waals surface area contributed by atoms with Gasteiger partial charge in [-0.1, -0.05) is 6.92 Å². The number of nitrogens with two attached hydrogens (primary N) is 1. The summed E-state index contributed by atoms with van der Waals surface area (Å²) in [5.74, 6) is 1.20. The maximum atomic E-state index is 12.6. The summed E-state index contributed by atoms with van der Waals surface area (Å²) < 4.78 is 34.5. The van der Waals surface area contributed by atoms with Crippen LogP contribution in [0.1, 0.15) is 75.0 Å². The maximum Gasteiger partial charge on any atom is 0.340 e. The Morgan fingerprint density at radius 2 is 1.90 bits per heavy atom. The smallest absolute Gasteiger partial charge is 0.340 e. The average molecular weight is 554 g/mol. The summed E-state index contributed by atoms with van der Waals surface area (Å²) in [5, 5.41) is 4.81. The van der Waals surface area contributed by atoms with Gasteiger partial charge >= 0.3 is 5.97 Å². The zero-order chi connectivity index (χ0) is 28.2. The van der Waals surface area contributed by atoms with Crippen molar-refractivity contribution in [2.45, 2.75) is 69.9 Å². The molecule has 1 saturated carbocycles. The number of rotatable bonds is 9. The van der Waals surface area contributed by atoms with Crippen molar-refractivity contribution in [1.82, 2.24) is 15.0 Å². The molecule has 0 radical (unpaired) electrons. The zero-order valence-corrected chi connectivity index (χ0v) is 23.8. The van der Waals surface area contributed by atoms with Gasteiger partial charge in [0.25, 0.3) is 0 Å². The lowest BCUT2D eigenvalue weighted by molar-refractivity contribution is -0.0285. The number of carbonyl (C=O) groups excluding carboxylic acids is 1. The highest BCUT2D eigenvalue weighted by Crippen LogP contribution is 2.59. The van der Waals surface area contributed by atoms with Crippen LogP contribution in [-0.4, -0.2) is 53.6 Å². The van der Waals surface area contributed by atoms with Crippen LogP contribution < -0.4 is 15.8 Å². The Bertz CT molecular complexity index is 1560. The number of pyridine rings is 3. The molecule has 0 bridgehead atoms. The Balaban J connectivity index is 1.49. The molecule has 11 heteroatoms. The van der Waals surface area contributed by atoms with Gasteiger partial charge in [-0.05, 0) is 75.6 Å². The number of anilines is 2. The van der Waals surface area contributed by atoms with Crippen molar-refractivity contribution < 1.29 is 22.7 Å². The number of hydrogen-bond donors (Lipinski definition) is 2. The first-order valence-electron chi connectivity index (χ1n) is 13.2. The Labute approximate surface area is 228 Å². The highest BCUT2D eigenvalue weighted by atomic mass is 32.2. The Morgan fingerprint density at radius 1 is 1.15 bits per heavy atom. The predicted molar refractivity (Wildman–Crippen MR) is 149 cm³/mol. The first-order valence-corrected chi connectivity index (χ1v) is 15.2. The Kier molecular flexibility index (Phi) is 6.58. The van der Waals surface area contributed by atoms with E-state index in [1.165, 1.54) is 6.26 Å². The van der Waals surface area contributed by atoms with E-state index >= 15 is 0 Å². The molecule has 3 aromatic rings. The zero-order valence-electron chi connectivity index (χ0n) is 23.0. The SMILES string of the molecule is CC[C@@](C)(N)c1cnc(OCCCS(C)(=O)=O)c2cnc(Nc3ccc4c(n3)C3(CC3)C(C)(C)OC4=O)cc12. The third kappa shape index (κ3) is 5.05. The van der Waals surface area contributed by atoms with Crippen molar-refractivity contribution in [2.24, 2.45) is 5.73 Å². The topological polar surface area (TPSA) is 146 Å². The summed E-state index contributed by atoms with van der Waals surface area (Å²) in [4.78, 5) is 26.6. The molecule has 2 aliphatic rings. The number of ether oxygens (including phenoxy) is 2. The summed E-state index contributed by atoms with van der Waals surface area (Å²) in [5.41, 5.74) is 7.22. The predicted octanol–water partition coefficient (Wildman–Crippen LogP) is 4.15. The average Bonchev–Trinajstić information content (AvgIpc) is 3.67. The second-order valence-electron chi connectivity index (χ2n) is 11.4. The van der Waals surface area contributed by atoms with Crippen molar-refractivity contribution in [3.05, 3.63) is 47.4 Å². The number of aromatic nitrogens is 3. The van der Waals surface area contributed by atoms with Gasteiger partial charge < -0.3 is 20.5 Å². The Morgan fingerprint density at radius 3 is 2.56 bits per heavy atom. The fraction of sp³-hybridized carbons (Fsp3) is 0.500. The number of fused-ring (bicyclic) bond motifs is 3. The number of nitrogens with one attached hydrogen (secondary N) is 1. The summed E-state index contributed by atoms with van der Waals surface area (Å²) in [6.07, 6.45) is 7.46. The van der Waals surface area contributed by atoms with Gasteiger partial charge in [0.05, 0.1) is 34.4 Å². The molecule has 1 aliphatic carbocycles. The van der Waals surface area contributed by atoms with Crippen molar-refractivity contribution in [3.8, 4) is 5.88 Å². The van der Waals surface area contributed by atoms with Gasteiger partial charge in [0.1, 0.15) is 27.1 Å². The third-order valence-corrected chi connectivity index (χ3v) is 9.09. The van der Waals surface area contributed by atoms with E-state index in [1.54, 1.807) is 24.5 Å². The molecule has 5 rings (SSSR count). The molecule has 1 aliphatic heterocycles. The summed E-state index contributed by atoms with van der Waals surface area (Å²) >= 11 is 0. The number of hydrogen-bond acceptors (Lipinski definition) is 10. The van der Waals surface area contributed by atoms with Gasteiger partial charge in [0, 0.05) is 24.2 Å². The molecular weight excluding hydrogens is 518 g/mol. The van der Waals surface area contributed by atoms with Gasteiger partial charge in [-0.25, -0.2) is 28.2 Å². The van der Waals surface area contributed by atoms with Crippen LogP contribution in [0.2, 0.25) is 0 Å². The third-order valence-electron chi connectivity index (χ3n) is 8.06. The van der Waals surface area contributed by atoms with Crippen LogP contribution >= 0.6 is 0 Å². The van der Waals surface area contributed by atoms with E-state index in [0.29, 0.717) is 41.3 Å². The van der Waals surface area contributed by atoms with Crippen LogP contribution in [0.4, 0.5) is 11.6 Å². The van der Waals surface area contributed by atoms with Crippen LogP contribution in [0.3, 0.4) is 0 Å². The number of sulfone groups is 1. The second-order valence-corrected chi connectivity index (χ2v) is 13.7. The van der Waals surface area contributed by atoms with Gasteiger partial charge in [0.15, 0.2) is 0 Å². The first-order chi connectivity index (χ1) is 18.3. The van der Waals surface area contributed by atoms with Crippen molar-refractivity contribution in [3.63, 3.8) is 0 Å². The lowest BCUT2D eigenvalue weighted by Crippen LogP contribution is -2.46. The molecule has 1 atom stereocenters. The van der Waals surface area contributed by atoms with E-state index in [4.69, 9.17) is 20.2 Å². The molecule has 10 nitrogen and oxygen atoms in total. The summed E-state index contributed by atoms with van der Waals surface area (Å²) in [6.45, 7) is 8.06. The van der Waals surface area contributed by atoms with Crippen LogP contribution in [0.5, 0.6) is 5.88 Å². The van der Waals surface area contributed by atoms with E-state index in [1.807, 2.05) is 33.8 Å². The normalized spacial score (nSPS) is 18.8. The monoisotopic (exact) mass is 553 g/mol. The maximum absolute atomic E-state index is 12.6. The highest BCUT2D eigenvalue weighted by Gasteiger charge is 2.63. The van der Waals surface area contributed by atoms with Crippen LogP contribution in [0, 0.1) is 0 Å². The van der Waals surface area contributed by atoms with Crippen molar-refractivity contribution in [1.29, 1.82) is 0 Å². The first kappa shape index (κ1) is 27.3. The van der Waals surface area contributed by atoms with Gasteiger partial charge in [0.2, 0.25) is 5.88 Å². The molecule has 3 aromatic heterocycles. The van der Waals surface area contributed by atoms with Crippen LogP contribution in [-0.2, 0) is 25.5 Å². The molecule has 4 heterocycles. The second kappa shape index (κ2) is 9.41. The Hall–Kier alpha value is -3.31. The minimum atomic E-state index is -3.07. The van der Waals surface area contributed by atoms with E-state index in [9.17, 15) is 13.2 Å². The van der Waals surface area contributed by atoms with E-state index in [2.05, 4.69) is 15.3 Å². The van der Waals surface area contributed by atoms with Gasteiger partial charge in [-0.15, -0.1) is 0 Å². The summed E-state index contributed by atoms with van der Waals surface area (Å²) in [7, 11) is -3.07. The lowest BCUT2D eigenvalue weighted by Gasteiger charge is -2.39. The fourth-order valence-corrected chi connectivity index (χ4v) is 5.89. The molecule has 0 aromatic carbocycles. The minimum Gasteiger partial charge on any atom is -0.477 e. The number of esters is 1.